The predicted octanol–water partition coefficient (Wildman–Crippen LogP) is 6.57. The Kier molecular flexibility index (Phi) is 9.86. The van der Waals surface area contributed by atoms with Crippen LogP contribution in [0.3, 0.4) is 0 Å². The minimum atomic E-state index is -4.32. The lowest BCUT2D eigenvalue weighted by Gasteiger charge is -2.30. The molecule has 0 unspecified atom stereocenters. The van der Waals surface area contributed by atoms with E-state index in [9.17, 15) is 21.6 Å². The molecular weight excluding hydrogens is 657 g/mol. The number of hydrogen-bond acceptors (Lipinski definition) is 6. The first kappa shape index (κ1) is 33.3. The van der Waals surface area contributed by atoms with E-state index >= 15 is 0 Å². The van der Waals surface area contributed by atoms with Crippen LogP contribution < -0.4 is 9.46 Å². The quantitative estimate of drug-likeness (QED) is 0.188. The highest BCUT2D eigenvalue weighted by atomic mass is 35.5. The SMILES string of the molecule is Cc1cc(OCCCn2c(C(=O)NS(=O)(=O)c3ccc(S(=O)(=O)N4CCC[C@@H](C)C4)cc3)cc3cc(Cl)ccc32)cc(C)c1Cl. The van der Waals surface area contributed by atoms with Crippen LogP contribution in [0, 0.1) is 19.8 Å². The summed E-state index contributed by atoms with van der Waals surface area (Å²) in [5.41, 5.74) is 2.66. The number of benzene rings is 3. The Morgan fingerprint density at radius 3 is 2.29 bits per heavy atom. The van der Waals surface area contributed by atoms with Crippen molar-refractivity contribution in [2.45, 2.75) is 56.4 Å². The van der Waals surface area contributed by atoms with E-state index < -0.39 is 26.0 Å². The topological polar surface area (TPSA) is 115 Å². The lowest BCUT2D eigenvalue weighted by atomic mass is 10.0. The molecule has 1 aromatic heterocycles. The van der Waals surface area contributed by atoms with Gasteiger partial charge in [0, 0.05) is 40.6 Å². The second-order valence-corrected chi connectivity index (χ2v) is 15.9. The molecule has 13 heteroatoms. The van der Waals surface area contributed by atoms with E-state index in [2.05, 4.69) is 4.72 Å². The number of aryl methyl sites for hydroxylation is 3. The van der Waals surface area contributed by atoms with Crippen molar-refractivity contribution >= 4 is 60.1 Å². The molecule has 0 saturated carbocycles. The van der Waals surface area contributed by atoms with Gasteiger partial charge in [-0.1, -0.05) is 30.1 Å². The van der Waals surface area contributed by atoms with Crippen molar-refractivity contribution in [3.05, 3.63) is 87.5 Å². The Bertz CT molecular complexity index is 1940. The molecule has 1 aliphatic rings. The zero-order chi connectivity index (χ0) is 32.5. The molecule has 9 nitrogen and oxygen atoms in total. The third-order valence-corrected chi connectivity index (χ3v) is 12.0. The number of nitrogens with zero attached hydrogens (tertiary/aromatic N) is 2. The van der Waals surface area contributed by atoms with Gasteiger partial charge in [0.1, 0.15) is 11.4 Å². The zero-order valence-corrected chi connectivity index (χ0v) is 28.4. The molecule has 2 heterocycles. The van der Waals surface area contributed by atoms with Gasteiger partial charge in [-0.15, -0.1) is 0 Å². The molecule has 0 radical (unpaired) electrons. The fourth-order valence-corrected chi connectivity index (χ4v) is 8.46. The molecule has 1 aliphatic heterocycles. The lowest BCUT2D eigenvalue weighted by molar-refractivity contribution is 0.0972. The molecule has 0 bridgehead atoms. The van der Waals surface area contributed by atoms with Crippen LogP contribution in [0.25, 0.3) is 10.9 Å². The Balaban J connectivity index is 1.32. The van der Waals surface area contributed by atoms with Crippen molar-refractivity contribution in [1.29, 1.82) is 0 Å². The van der Waals surface area contributed by atoms with Crippen LogP contribution in [0.5, 0.6) is 5.75 Å². The van der Waals surface area contributed by atoms with Gasteiger partial charge in [-0.05, 0) is 111 Å². The summed E-state index contributed by atoms with van der Waals surface area (Å²) in [6.45, 7) is 7.37. The van der Waals surface area contributed by atoms with Crippen LogP contribution in [0.15, 0.2) is 70.5 Å². The lowest BCUT2D eigenvalue weighted by Crippen LogP contribution is -2.39. The van der Waals surface area contributed by atoms with Gasteiger partial charge in [-0.25, -0.2) is 21.6 Å². The van der Waals surface area contributed by atoms with E-state index in [1.54, 1.807) is 28.8 Å². The second kappa shape index (κ2) is 13.3. The average molecular weight is 693 g/mol. The third-order valence-electron chi connectivity index (χ3n) is 7.92. The van der Waals surface area contributed by atoms with Gasteiger partial charge >= 0.3 is 0 Å². The normalized spacial score (nSPS) is 16.2. The van der Waals surface area contributed by atoms with Crippen LogP contribution >= 0.6 is 23.2 Å². The smallest absolute Gasteiger partial charge is 0.281 e. The van der Waals surface area contributed by atoms with Crippen molar-refractivity contribution in [2.24, 2.45) is 5.92 Å². The number of hydrogen-bond donors (Lipinski definition) is 1. The molecule has 5 rings (SSSR count). The minimum absolute atomic E-state index is 0.00465. The minimum Gasteiger partial charge on any atom is -0.494 e. The number of sulfonamides is 2. The number of halogens is 2. The molecule has 0 spiro atoms. The molecule has 240 valence electrons. The first-order valence-electron chi connectivity index (χ1n) is 14.6. The first-order chi connectivity index (χ1) is 21.3. The van der Waals surface area contributed by atoms with Gasteiger partial charge in [0.05, 0.1) is 16.4 Å². The van der Waals surface area contributed by atoms with E-state index in [1.165, 1.54) is 28.6 Å². The molecule has 45 heavy (non-hydrogen) atoms. The average Bonchev–Trinajstić information content (AvgIpc) is 3.35. The maximum absolute atomic E-state index is 13.4. The molecule has 1 saturated heterocycles. The van der Waals surface area contributed by atoms with Crippen molar-refractivity contribution < 1.29 is 26.4 Å². The molecule has 4 aromatic rings. The van der Waals surface area contributed by atoms with Gasteiger partial charge < -0.3 is 9.30 Å². The van der Waals surface area contributed by atoms with Crippen LogP contribution in [-0.2, 0) is 26.6 Å². The van der Waals surface area contributed by atoms with Crippen molar-refractivity contribution in [1.82, 2.24) is 13.6 Å². The maximum atomic E-state index is 13.4. The van der Waals surface area contributed by atoms with E-state index in [4.69, 9.17) is 27.9 Å². The molecule has 1 atom stereocenters. The third kappa shape index (κ3) is 7.33. The second-order valence-electron chi connectivity index (χ2n) is 11.5. The van der Waals surface area contributed by atoms with Crippen LogP contribution in [0.2, 0.25) is 10.0 Å². The summed E-state index contributed by atoms with van der Waals surface area (Å²) in [6, 6.07) is 15.4. The number of rotatable bonds is 10. The number of carbonyl (C=O) groups is 1. The molecule has 0 aliphatic carbocycles. The molecule has 1 N–H and O–H groups in total. The standard InChI is InChI=1S/C32H35Cl2N3O6S2/c1-21-6-4-13-36(20-21)45(41,42)28-10-8-27(9-11-28)44(39,40)35-32(38)30-19-24-18-25(33)7-12-29(24)37(30)14-5-15-43-26-16-22(2)31(34)23(3)17-26/h7-12,16-19,21H,4-6,13-15,20H2,1-3H3,(H,35,38)/t21-/m1/s1. The van der Waals surface area contributed by atoms with E-state index in [0.717, 1.165) is 24.0 Å². The predicted molar refractivity (Wildman–Crippen MR) is 176 cm³/mol. The summed E-state index contributed by atoms with van der Waals surface area (Å²) in [4.78, 5) is 13.2. The zero-order valence-electron chi connectivity index (χ0n) is 25.2. The van der Waals surface area contributed by atoms with Crippen molar-refractivity contribution in [3.63, 3.8) is 0 Å². The van der Waals surface area contributed by atoms with Crippen LogP contribution in [0.1, 0.15) is 47.8 Å². The largest absolute Gasteiger partial charge is 0.494 e. The van der Waals surface area contributed by atoms with Gasteiger partial charge in [0.25, 0.3) is 15.9 Å². The highest BCUT2D eigenvalue weighted by Gasteiger charge is 2.29. The van der Waals surface area contributed by atoms with Gasteiger partial charge in [0.2, 0.25) is 10.0 Å². The highest BCUT2D eigenvalue weighted by Crippen LogP contribution is 2.28. The Hall–Kier alpha value is -3.09. The summed E-state index contributed by atoms with van der Waals surface area (Å²) in [6.07, 6.45) is 2.26. The summed E-state index contributed by atoms with van der Waals surface area (Å²) >= 11 is 12.5. The van der Waals surface area contributed by atoms with Crippen molar-refractivity contribution in [3.8, 4) is 5.75 Å². The first-order valence-corrected chi connectivity index (χ1v) is 18.3. The summed E-state index contributed by atoms with van der Waals surface area (Å²) in [7, 11) is -8.08. The number of carbonyl (C=O) groups excluding carboxylic acids is 1. The van der Waals surface area contributed by atoms with Crippen LogP contribution in [0.4, 0.5) is 0 Å². The number of aromatic nitrogens is 1. The molecular formula is C32H35Cl2N3O6S2. The molecule has 1 fully saturated rings. The summed E-state index contributed by atoms with van der Waals surface area (Å²) in [5.74, 6) is 0.109. The summed E-state index contributed by atoms with van der Waals surface area (Å²) < 4.78 is 64.0. The highest BCUT2D eigenvalue weighted by molar-refractivity contribution is 7.90. The van der Waals surface area contributed by atoms with Gasteiger partial charge in [-0.3, -0.25) is 4.79 Å². The Labute approximate surface area is 274 Å². The van der Waals surface area contributed by atoms with Gasteiger partial charge in [0.15, 0.2) is 0 Å². The summed E-state index contributed by atoms with van der Waals surface area (Å²) in [5, 5.41) is 1.85. The fourth-order valence-electron chi connectivity index (χ4n) is 5.61. The van der Waals surface area contributed by atoms with E-state index in [-0.39, 0.29) is 21.4 Å². The fraction of sp³-hybridized carbons (Fsp3) is 0.344. The number of fused-ring (bicyclic) bond motifs is 1. The monoisotopic (exact) mass is 691 g/mol. The number of ether oxygens (including phenoxy) is 1. The Morgan fingerprint density at radius 1 is 0.956 bits per heavy atom. The van der Waals surface area contributed by atoms with Gasteiger partial charge in [-0.2, -0.15) is 4.31 Å². The maximum Gasteiger partial charge on any atom is 0.281 e. The number of nitrogens with one attached hydrogen (secondary N) is 1. The van der Waals surface area contributed by atoms with Crippen molar-refractivity contribution in [2.75, 3.05) is 19.7 Å². The van der Waals surface area contributed by atoms with E-state index in [1.807, 2.05) is 32.9 Å². The van der Waals surface area contributed by atoms with Crippen LogP contribution in [-0.4, -0.2) is 51.3 Å². The molecule has 3 aromatic carbocycles. The number of piperidine rings is 1. The Morgan fingerprint density at radius 2 is 1.62 bits per heavy atom. The number of amides is 1. The molecule has 1 amide bonds. The van der Waals surface area contributed by atoms with E-state index in [0.29, 0.717) is 59.4 Å².